The molecule has 0 radical (unpaired) electrons. The Morgan fingerprint density at radius 1 is 1.29 bits per heavy atom. The van der Waals surface area contributed by atoms with Gasteiger partial charge in [0.2, 0.25) is 0 Å². The van der Waals surface area contributed by atoms with E-state index < -0.39 is 5.97 Å². The first-order valence-corrected chi connectivity index (χ1v) is 5.70. The van der Waals surface area contributed by atoms with Gasteiger partial charge in [0.15, 0.2) is 5.71 Å². The molecule has 0 N–H and O–H groups in total. The van der Waals surface area contributed by atoms with Crippen LogP contribution in [0.1, 0.15) is 19.4 Å². The molecule has 17 heavy (non-hydrogen) atoms. The molecule has 0 saturated carbocycles. The Morgan fingerprint density at radius 3 is 2.59 bits per heavy atom. The van der Waals surface area contributed by atoms with E-state index in [0.717, 1.165) is 0 Å². The van der Waals surface area contributed by atoms with Crippen molar-refractivity contribution < 1.29 is 14.4 Å². The molecule has 0 aromatic heterocycles. The number of ether oxygens (including phenoxy) is 1. The lowest BCUT2D eigenvalue weighted by atomic mass is 10.1. The highest BCUT2D eigenvalue weighted by Gasteiger charge is 2.18. The van der Waals surface area contributed by atoms with Gasteiger partial charge in [-0.2, -0.15) is 0 Å². The third-order valence-electron chi connectivity index (χ3n) is 1.88. The van der Waals surface area contributed by atoms with Gasteiger partial charge >= 0.3 is 5.97 Å². The fourth-order valence-electron chi connectivity index (χ4n) is 1.18. The second-order valence-electron chi connectivity index (χ2n) is 3.06. The molecular weight excluding hydrogens is 242 g/mol. The number of carbonyl (C=O) groups is 1. The van der Waals surface area contributed by atoms with E-state index in [2.05, 4.69) is 5.16 Å². The molecule has 0 spiro atoms. The van der Waals surface area contributed by atoms with Gasteiger partial charge < -0.3 is 9.57 Å². The molecule has 0 aliphatic heterocycles. The van der Waals surface area contributed by atoms with Crippen LogP contribution in [0.5, 0.6) is 0 Å². The minimum atomic E-state index is -0.547. The Labute approximate surface area is 105 Å². The summed E-state index contributed by atoms with van der Waals surface area (Å²) in [6.45, 7) is 4.14. The van der Waals surface area contributed by atoms with Gasteiger partial charge in [-0.3, -0.25) is 0 Å². The molecule has 92 valence electrons. The van der Waals surface area contributed by atoms with Crippen LogP contribution >= 0.6 is 11.6 Å². The zero-order valence-electron chi connectivity index (χ0n) is 9.77. The largest absolute Gasteiger partial charge is 0.461 e. The Bertz CT molecular complexity index is 418. The molecule has 0 heterocycles. The molecule has 0 amide bonds. The van der Waals surface area contributed by atoms with E-state index in [1.807, 2.05) is 0 Å². The summed E-state index contributed by atoms with van der Waals surface area (Å²) in [6.07, 6.45) is 0. The first-order chi connectivity index (χ1) is 8.20. The summed E-state index contributed by atoms with van der Waals surface area (Å²) in [5, 5.41) is 4.18. The lowest BCUT2D eigenvalue weighted by Crippen LogP contribution is -2.19. The summed E-state index contributed by atoms with van der Waals surface area (Å²) >= 11 is 6.00. The standard InChI is InChI=1S/C12H14ClNO3/c1-3-16-12(15)11(14-17-4-2)9-7-5-6-8-10(9)13/h5-8H,3-4H2,1-2H3/b14-11-. The molecular formula is C12H14ClNO3. The SMILES string of the molecule is CCO/N=C(\C(=O)OCC)c1ccccc1Cl. The van der Waals surface area contributed by atoms with Crippen molar-refractivity contribution in [2.75, 3.05) is 13.2 Å². The topological polar surface area (TPSA) is 47.9 Å². The molecule has 1 aromatic carbocycles. The molecule has 1 rings (SSSR count). The van der Waals surface area contributed by atoms with Gasteiger partial charge in [-0.25, -0.2) is 4.79 Å². The lowest BCUT2D eigenvalue weighted by molar-refractivity contribution is -0.135. The minimum absolute atomic E-state index is 0.0827. The predicted molar refractivity (Wildman–Crippen MR) is 66.2 cm³/mol. The van der Waals surface area contributed by atoms with Crippen molar-refractivity contribution in [3.05, 3.63) is 34.9 Å². The number of benzene rings is 1. The molecule has 4 nitrogen and oxygen atoms in total. The van der Waals surface area contributed by atoms with Gasteiger partial charge in [0.05, 0.1) is 11.6 Å². The third-order valence-corrected chi connectivity index (χ3v) is 2.21. The van der Waals surface area contributed by atoms with Crippen LogP contribution in [0.4, 0.5) is 0 Å². The van der Waals surface area contributed by atoms with Gasteiger partial charge in [-0.15, -0.1) is 0 Å². The molecule has 0 atom stereocenters. The van der Waals surface area contributed by atoms with Crippen LogP contribution in [-0.2, 0) is 14.4 Å². The second kappa shape index (κ2) is 6.91. The highest BCUT2D eigenvalue weighted by Crippen LogP contribution is 2.16. The van der Waals surface area contributed by atoms with E-state index in [1.54, 1.807) is 38.1 Å². The van der Waals surface area contributed by atoms with E-state index in [4.69, 9.17) is 21.2 Å². The maximum Gasteiger partial charge on any atom is 0.361 e. The Kier molecular flexibility index (Phi) is 5.49. The first-order valence-electron chi connectivity index (χ1n) is 5.32. The number of nitrogens with zero attached hydrogens (tertiary/aromatic N) is 1. The summed E-state index contributed by atoms with van der Waals surface area (Å²) in [7, 11) is 0. The normalized spacial score (nSPS) is 11.1. The van der Waals surface area contributed by atoms with Crippen LogP contribution < -0.4 is 0 Å². The molecule has 0 bridgehead atoms. The fourth-order valence-corrected chi connectivity index (χ4v) is 1.40. The molecule has 0 unspecified atom stereocenters. The fraction of sp³-hybridized carbons (Fsp3) is 0.333. The third kappa shape index (κ3) is 3.75. The van der Waals surface area contributed by atoms with Crippen LogP contribution in [0.3, 0.4) is 0 Å². The van der Waals surface area contributed by atoms with E-state index in [9.17, 15) is 4.79 Å². The van der Waals surface area contributed by atoms with E-state index >= 15 is 0 Å². The average Bonchev–Trinajstić information content (AvgIpc) is 2.32. The lowest BCUT2D eigenvalue weighted by Gasteiger charge is -2.07. The second-order valence-corrected chi connectivity index (χ2v) is 3.47. The maximum atomic E-state index is 11.7. The molecule has 0 aliphatic carbocycles. The first kappa shape index (κ1) is 13.5. The molecule has 0 saturated heterocycles. The summed E-state index contributed by atoms with van der Waals surface area (Å²) in [5.74, 6) is -0.547. The van der Waals surface area contributed by atoms with Crippen molar-refractivity contribution in [2.45, 2.75) is 13.8 Å². The molecule has 5 heteroatoms. The van der Waals surface area contributed by atoms with E-state index in [-0.39, 0.29) is 12.3 Å². The molecule has 0 aliphatic rings. The number of oxime groups is 1. The van der Waals surface area contributed by atoms with Crippen LogP contribution in [0.2, 0.25) is 5.02 Å². The van der Waals surface area contributed by atoms with Crippen molar-refractivity contribution in [3.63, 3.8) is 0 Å². The monoisotopic (exact) mass is 255 g/mol. The van der Waals surface area contributed by atoms with Crippen molar-refractivity contribution in [3.8, 4) is 0 Å². The van der Waals surface area contributed by atoms with Crippen LogP contribution in [0.15, 0.2) is 29.4 Å². The zero-order chi connectivity index (χ0) is 12.7. The minimum Gasteiger partial charge on any atom is -0.461 e. The number of halogens is 1. The highest BCUT2D eigenvalue weighted by molar-refractivity contribution is 6.47. The zero-order valence-corrected chi connectivity index (χ0v) is 10.5. The summed E-state index contributed by atoms with van der Waals surface area (Å²) in [5.41, 5.74) is 0.584. The van der Waals surface area contributed by atoms with Gasteiger partial charge in [-0.05, 0) is 19.9 Å². The Balaban J connectivity index is 3.07. The van der Waals surface area contributed by atoms with E-state index in [0.29, 0.717) is 17.2 Å². The summed E-state index contributed by atoms with van der Waals surface area (Å²) in [6, 6.07) is 6.91. The van der Waals surface area contributed by atoms with Gasteiger partial charge in [-0.1, -0.05) is 35.0 Å². The molecule has 1 aromatic rings. The average molecular weight is 256 g/mol. The Morgan fingerprint density at radius 2 is 2.00 bits per heavy atom. The number of rotatable bonds is 5. The van der Waals surface area contributed by atoms with Crippen LogP contribution in [0, 0.1) is 0 Å². The van der Waals surface area contributed by atoms with Gasteiger partial charge in [0.1, 0.15) is 6.61 Å². The van der Waals surface area contributed by atoms with Crippen LogP contribution in [0.25, 0.3) is 0 Å². The van der Waals surface area contributed by atoms with Crippen molar-refractivity contribution >= 4 is 23.3 Å². The van der Waals surface area contributed by atoms with Crippen molar-refractivity contribution in [2.24, 2.45) is 5.16 Å². The number of carbonyl (C=O) groups excluding carboxylic acids is 1. The van der Waals surface area contributed by atoms with Crippen LogP contribution in [-0.4, -0.2) is 24.9 Å². The predicted octanol–water partition coefficient (Wildman–Crippen LogP) is 2.64. The van der Waals surface area contributed by atoms with Crippen molar-refractivity contribution in [1.29, 1.82) is 0 Å². The van der Waals surface area contributed by atoms with Crippen molar-refractivity contribution in [1.82, 2.24) is 0 Å². The Hall–Kier alpha value is -1.55. The van der Waals surface area contributed by atoms with Gasteiger partial charge in [0, 0.05) is 5.56 Å². The molecule has 0 fully saturated rings. The number of esters is 1. The van der Waals surface area contributed by atoms with Gasteiger partial charge in [0.25, 0.3) is 0 Å². The maximum absolute atomic E-state index is 11.7. The summed E-state index contributed by atoms with van der Waals surface area (Å²) < 4.78 is 4.90. The quantitative estimate of drug-likeness (QED) is 0.462. The van der Waals surface area contributed by atoms with E-state index in [1.165, 1.54) is 0 Å². The number of hydrogen-bond donors (Lipinski definition) is 0. The number of hydrogen-bond acceptors (Lipinski definition) is 4. The smallest absolute Gasteiger partial charge is 0.361 e. The highest BCUT2D eigenvalue weighted by atomic mass is 35.5. The summed E-state index contributed by atoms with van der Waals surface area (Å²) in [4.78, 5) is 16.6.